The summed E-state index contributed by atoms with van der Waals surface area (Å²) < 4.78 is 4.92. The lowest BCUT2D eigenvalue weighted by molar-refractivity contribution is -0.141. The number of nitrogens with zero attached hydrogens (tertiary/aromatic N) is 2. The summed E-state index contributed by atoms with van der Waals surface area (Å²) in [5.74, 6) is -0.570. The Bertz CT molecular complexity index is 591. The highest BCUT2D eigenvalue weighted by Crippen LogP contribution is 2.10. The number of hydrogen-bond acceptors (Lipinski definition) is 9. The van der Waals surface area contributed by atoms with Crippen LogP contribution in [0, 0.1) is 0 Å². The first-order valence-electron chi connectivity index (χ1n) is 7.36. The highest BCUT2D eigenvalue weighted by Gasteiger charge is 2.25. The van der Waals surface area contributed by atoms with Gasteiger partial charge in [-0.05, 0) is 13.2 Å². The van der Waals surface area contributed by atoms with Gasteiger partial charge in [0.1, 0.15) is 0 Å². The van der Waals surface area contributed by atoms with Gasteiger partial charge in [-0.1, -0.05) is 5.16 Å². The van der Waals surface area contributed by atoms with E-state index in [4.69, 9.17) is 15.4 Å². The summed E-state index contributed by atoms with van der Waals surface area (Å²) in [6.45, 7) is 2.48. The molecule has 0 bridgehead atoms. The van der Waals surface area contributed by atoms with Gasteiger partial charge in [0.2, 0.25) is 11.8 Å². The van der Waals surface area contributed by atoms with Gasteiger partial charge >= 0.3 is 12.0 Å². The molecule has 0 aromatic carbocycles. The van der Waals surface area contributed by atoms with Crippen LogP contribution in [0.25, 0.3) is 0 Å². The Kier molecular flexibility index (Phi) is 10.9. The van der Waals surface area contributed by atoms with Gasteiger partial charge in [-0.2, -0.15) is 16.7 Å². The third-order valence-electron chi connectivity index (χ3n) is 2.60. The molecular formula is C13H24N6O6S. The third kappa shape index (κ3) is 9.80. The van der Waals surface area contributed by atoms with Crippen LogP contribution < -0.4 is 22.1 Å². The first-order chi connectivity index (χ1) is 12.1. The summed E-state index contributed by atoms with van der Waals surface area (Å²) in [6.07, 6.45) is 0.663. The molecule has 0 saturated carbocycles. The summed E-state index contributed by atoms with van der Waals surface area (Å²) in [6, 6.07) is -2.55. The summed E-state index contributed by atoms with van der Waals surface area (Å²) >= 11 is 1.54. The third-order valence-corrected chi connectivity index (χ3v) is 3.29. The number of primary amides is 1. The van der Waals surface area contributed by atoms with E-state index in [9.17, 15) is 19.5 Å². The minimum Gasteiger partial charge on any atom is -0.480 e. The molecule has 1 heterocycles. The predicted molar refractivity (Wildman–Crippen MR) is 93.0 cm³/mol. The van der Waals surface area contributed by atoms with E-state index in [0.29, 0.717) is 11.6 Å². The van der Waals surface area contributed by atoms with Crippen molar-refractivity contribution in [3.8, 4) is 0 Å². The molecule has 0 aliphatic rings. The molecule has 8 N–H and O–H groups in total. The Morgan fingerprint density at radius 1 is 1.38 bits per heavy atom. The second-order valence-corrected chi connectivity index (χ2v) is 6.01. The summed E-state index contributed by atoms with van der Waals surface area (Å²) in [4.78, 5) is 35.6. The Balaban J connectivity index is 0.00000141. The molecule has 1 aromatic rings. The highest BCUT2D eigenvalue weighted by molar-refractivity contribution is 7.98. The molecular weight excluding hydrogens is 368 g/mol. The molecule has 0 spiro atoms. The van der Waals surface area contributed by atoms with Crippen LogP contribution in [-0.2, 0) is 16.1 Å². The fourth-order valence-corrected chi connectivity index (χ4v) is 1.99. The monoisotopic (exact) mass is 392 g/mol. The largest absolute Gasteiger partial charge is 0.480 e. The van der Waals surface area contributed by atoms with E-state index in [1.807, 2.05) is 6.26 Å². The van der Waals surface area contributed by atoms with Crippen molar-refractivity contribution in [3.63, 3.8) is 0 Å². The Morgan fingerprint density at radius 3 is 2.42 bits per heavy atom. The molecule has 3 atom stereocenters. The van der Waals surface area contributed by atoms with Gasteiger partial charge < -0.3 is 36.8 Å². The maximum absolute atomic E-state index is 11.6. The zero-order chi connectivity index (χ0) is 20.3. The van der Waals surface area contributed by atoms with E-state index in [1.165, 1.54) is 25.6 Å². The van der Waals surface area contributed by atoms with Crippen LogP contribution in [0.1, 0.15) is 31.6 Å². The molecule has 26 heavy (non-hydrogen) atoms. The van der Waals surface area contributed by atoms with Gasteiger partial charge in [-0.15, -0.1) is 0 Å². The normalized spacial score (nSPS) is 13.6. The lowest BCUT2D eigenvalue weighted by Crippen LogP contribution is -2.51. The number of aliphatic hydroxyl groups excluding tert-OH is 1. The Hall–Kier alpha value is -2.38. The smallest absolute Gasteiger partial charge is 0.328 e. The van der Waals surface area contributed by atoms with E-state index < -0.39 is 24.1 Å². The number of rotatable bonds is 8. The summed E-state index contributed by atoms with van der Waals surface area (Å²) in [5, 5.41) is 26.3. The number of amides is 3. The second-order valence-electron chi connectivity index (χ2n) is 5.10. The molecule has 0 radical (unpaired) electrons. The van der Waals surface area contributed by atoms with Crippen LogP contribution in [0.2, 0.25) is 0 Å². The lowest BCUT2D eigenvalue weighted by Gasteiger charge is -2.16. The number of hydrogen-bond donors (Lipinski definition) is 6. The number of carbonyl (C=O) groups excluding carboxylic acids is 2. The molecule has 3 unspecified atom stereocenters. The van der Waals surface area contributed by atoms with Crippen molar-refractivity contribution in [2.75, 3.05) is 12.0 Å². The first-order valence-corrected chi connectivity index (χ1v) is 8.76. The zero-order valence-electron chi connectivity index (χ0n) is 14.6. The SMILES string of the molecule is CC(N)=O.CSCC(N)c1noc(CNC(=O)NC(C(=O)O)C(C)O)n1. The number of thioether (sulfide) groups is 1. The van der Waals surface area contributed by atoms with Crippen LogP contribution in [-0.4, -0.2) is 62.4 Å². The Morgan fingerprint density at radius 2 is 1.96 bits per heavy atom. The predicted octanol–water partition coefficient (Wildman–Crippen LogP) is -1.44. The number of aliphatic carboxylic acids is 1. The van der Waals surface area contributed by atoms with Crippen LogP contribution in [0.15, 0.2) is 4.52 Å². The molecule has 13 heteroatoms. The molecule has 0 aliphatic carbocycles. The van der Waals surface area contributed by atoms with Gasteiger partial charge in [0.25, 0.3) is 0 Å². The maximum atomic E-state index is 11.6. The molecule has 0 fully saturated rings. The van der Waals surface area contributed by atoms with Crippen LogP contribution in [0.3, 0.4) is 0 Å². The van der Waals surface area contributed by atoms with Crippen molar-refractivity contribution in [2.45, 2.75) is 38.6 Å². The van der Waals surface area contributed by atoms with Crippen molar-refractivity contribution >= 4 is 29.7 Å². The molecule has 1 aromatic heterocycles. The van der Waals surface area contributed by atoms with Gasteiger partial charge in [-0.3, -0.25) is 4.79 Å². The van der Waals surface area contributed by atoms with Crippen molar-refractivity contribution in [2.24, 2.45) is 11.5 Å². The molecule has 148 valence electrons. The number of aliphatic hydroxyl groups is 1. The van der Waals surface area contributed by atoms with Gasteiger partial charge in [0, 0.05) is 12.7 Å². The van der Waals surface area contributed by atoms with Gasteiger partial charge in [0.15, 0.2) is 11.9 Å². The van der Waals surface area contributed by atoms with Crippen LogP contribution in [0.4, 0.5) is 4.79 Å². The molecule has 0 saturated heterocycles. The van der Waals surface area contributed by atoms with Gasteiger partial charge in [-0.25, -0.2) is 9.59 Å². The summed E-state index contributed by atoms with van der Waals surface area (Å²) in [7, 11) is 0. The van der Waals surface area contributed by atoms with Gasteiger partial charge in [0.05, 0.1) is 18.7 Å². The maximum Gasteiger partial charge on any atom is 0.328 e. The summed E-state index contributed by atoms with van der Waals surface area (Å²) in [5.41, 5.74) is 10.3. The van der Waals surface area contributed by atoms with E-state index >= 15 is 0 Å². The number of carbonyl (C=O) groups is 3. The standard InChI is InChI=1S/C11H19N5O5S.C2H5NO/c1-5(17)8(10(18)19)15-11(20)13-3-7-14-9(16-21-7)6(12)4-22-2;1-2(3)4/h5-6,8,17H,3-4,12H2,1-2H3,(H,18,19)(H2,13,15,20);1H3,(H2,3,4). The number of nitrogens with one attached hydrogen (secondary N) is 2. The molecule has 1 rings (SSSR count). The minimum atomic E-state index is -1.41. The quantitative estimate of drug-likeness (QED) is 0.303. The minimum absolute atomic E-state index is 0.0863. The van der Waals surface area contributed by atoms with Crippen molar-refractivity contribution in [1.82, 2.24) is 20.8 Å². The first kappa shape index (κ1) is 23.6. The van der Waals surface area contributed by atoms with Crippen LogP contribution in [0.5, 0.6) is 0 Å². The van der Waals surface area contributed by atoms with E-state index in [0.717, 1.165) is 0 Å². The van der Waals surface area contributed by atoms with Crippen molar-refractivity contribution < 1.29 is 29.1 Å². The average Bonchev–Trinajstić information content (AvgIpc) is 2.98. The highest BCUT2D eigenvalue weighted by atomic mass is 32.2. The van der Waals surface area contributed by atoms with E-state index in [2.05, 4.69) is 26.5 Å². The Labute approximate surface area is 154 Å². The number of carboxylic acid groups (broad SMARTS) is 1. The fraction of sp³-hybridized carbons (Fsp3) is 0.615. The number of urea groups is 1. The number of aromatic nitrogens is 2. The van der Waals surface area contributed by atoms with Crippen LogP contribution >= 0.6 is 11.8 Å². The molecule has 12 nitrogen and oxygen atoms in total. The second kappa shape index (κ2) is 12.1. The zero-order valence-corrected chi connectivity index (χ0v) is 15.4. The average molecular weight is 392 g/mol. The van der Waals surface area contributed by atoms with Crippen molar-refractivity contribution in [3.05, 3.63) is 11.7 Å². The van der Waals surface area contributed by atoms with Crippen molar-refractivity contribution in [1.29, 1.82) is 0 Å². The number of carboxylic acids is 1. The fourth-order valence-electron chi connectivity index (χ4n) is 1.48. The van der Waals surface area contributed by atoms with E-state index in [1.54, 1.807) is 0 Å². The topological polar surface area (TPSA) is 207 Å². The molecule has 0 aliphatic heterocycles. The number of nitrogens with two attached hydrogens (primary N) is 2. The molecule has 3 amide bonds. The lowest BCUT2D eigenvalue weighted by atomic mass is 10.2. The van der Waals surface area contributed by atoms with E-state index in [-0.39, 0.29) is 24.4 Å².